The molecule has 746 valence electrons. The topological polar surface area (TPSA) is 213 Å². The van der Waals surface area contributed by atoms with Gasteiger partial charge in [-0.05, 0) is 409 Å². The molecule has 4 fully saturated rings. The van der Waals surface area contributed by atoms with Gasteiger partial charge in [0.05, 0.1) is 16.2 Å². The number of ether oxygens (including phenoxy) is 1. The summed E-state index contributed by atoms with van der Waals surface area (Å²) in [5.41, 5.74) is 20.7. The molecule has 0 bridgehead atoms. The Kier molecular flexibility index (Phi) is 41.0. The Morgan fingerprint density at radius 3 is 0.822 bits per heavy atom. The molecule has 0 heterocycles. The van der Waals surface area contributed by atoms with E-state index in [1.807, 2.05) is 186 Å². The molecule has 17 heteroatoms. The highest BCUT2D eigenvalue weighted by Crippen LogP contribution is 2.52. The van der Waals surface area contributed by atoms with Gasteiger partial charge in [-0.15, -0.1) is 0 Å². The number of carbonyl (C=O) groups excluding carboxylic acids is 7. The van der Waals surface area contributed by atoms with Crippen LogP contribution < -0.4 is 37.2 Å². The molecule has 0 spiro atoms. The Labute approximate surface area is 827 Å². The highest BCUT2D eigenvalue weighted by atomic mass is 35.5. The first-order valence-corrected chi connectivity index (χ1v) is 50.6. The van der Waals surface area contributed by atoms with Crippen LogP contribution in [0.1, 0.15) is 515 Å². The maximum Gasteiger partial charge on any atom is 0.253 e. The van der Waals surface area contributed by atoms with E-state index in [1.165, 1.54) is 95.9 Å². The van der Waals surface area contributed by atoms with Gasteiger partial charge in [0.2, 0.25) is 0 Å². The Morgan fingerprint density at radius 2 is 0.570 bits per heavy atom. The first-order valence-electron chi connectivity index (χ1n) is 49.8. The summed E-state index contributed by atoms with van der Waals surface area (Å²) in [4.78, 5) is 85.9. The SMILES string of the molecule is CC(C)NC(=O)c1cc(C(C)C)cc(C2(C)CC2)c1.CC(C)NC(=O)c1cc(C(C)C)cc(C2(C)CC2)c1.CC(C)c1cc(C(=O)NC(C)(C)C)cc(C2(C)CC2)c1.CC(C)c1cc(C(C)(C)C)cc(C(=O)NC(C)(C)C)c1Cl.CC(C)c1cc(Cl)cc(C(=O)NC(C)(C)C)c1.CCNC(=O)c1cc(C(C)C)cc(C2(C)CC2)c1.COC(C)(C)c1cc(C(=O)NC(C)(C)C)cc(C(C)C)c1. The molecule has 135 heavy (non-hydrogen) atoms. The number of amides is 7. The van der Waals surface area contributed by atoms with E-state index in [-0.39, 0.29) is 86.9 Å². The minimum atomic E-state index is -0.415. The third-order valence-electron chi connectivity index (χ3n) is 25.2. The van der Waals surface area contributed by atoms with Gasteiger partial charge in [0.15, 0.2) is 0 Å². The molecule has 4 saturated carbocycles. The van der Waals surface area contributed by atoms with E-state index in [0.29, 0.717) is 90.4 Å². The second-order valence-corrected chi connectivity index (χ2v) is 49.0. The standard InChI is InChI=1S/C18H28ClNO.C18H29NO2.C18H27NO.2C17H25NO.C16H23NO.C14H20ClNO/c1-11(2)13-9-12(17(3,4)5)10-14(15(13)19)16(21)20-18(6,7)8;1-12(2)13-9-14(16(20)19-17(3,4)5)11-15(10-13)18(6,7)21-8;1-12(2)13-9-14(16(20)19-17(3,4)5)11-15(10-13)18(6)7-8-18;2*1-11(2)13-8-14(16(19)18-12(3)4)10-15(9-13)17(5)6-7-17;1-5-17-15(18)13-8-12(11(2)3)9-14(10-13)16(4)6-7-16;1-9(2)10-6-11(8-12(15)7-10)13(17)16-14(3,4)5/h9-11H,1-8H3,(H,20,21);9-12H,1-8H3,(H,19,20);9-12H,7-8H2,1-6H3,(H,19,20);2*8-12H,6-7H2,1-5H3,(H,18,19);8-11H,5-7H2,1-4H3,(H,17,18);6-9H,1-5H3,(H,16,17). The first-order chi connectivity index (χ1) is 61.7. The van der Waals surface area contributed by atoms with E-state index in [0.717, 1.165) is 50.1 Å². The van der Waals surface area contributed by atoms with Crippen LogP contribution in [-0.2, 0) is 37.4 Å². The van der Waals surface area contributed by atoms with E-state index in [1.54, 1.807) is 13.2 Å². The molecule has 7 amide bonds. The zero-order valence-electron chi connectivity index (χ0n) is 91.1. The molecule has 15 nitrogen and oxygen atoms in total. The molecule has 0 radical (unpaired) electrons. The van der Waals surface area contributed by atoms with E-state index in [9.17, 15) is 33.6 Å². The number of halogens is 2. The number of rotatable bonds is 23. The Hall–Kier alpha value is -8.63. The van der Waals surface area contributed by atoms with Crippen molar-refractivity contribution in [3.63, 3.8) is 0 Å². The van der Waals surface area contributed by atoms with E-state index >= 15 is 0 Å². The molecule has 7 aromatic rings. The summed E-state index contributed by atoms with van der Waals surface area (Å²) < 4.78 is 5.56. The second kappa shape index (κ2) is 47.4. The second-order valence-electron chi connectivity index (χ2n) is 48.1. The summed E-state index contributed by atoms with van der Waals surface area (Å²) in [5, 5.41) is 22.0. The molecule has 7 aromatic carbocycles. The van der Waals surface area contributed by atoms with Crippen LogP contribution in [0.3, 0.4) is 0 Å². The Balaban J connectivity index is 0.000000279. The van der Waals surface area contributed by atoms with Crippen molar-refractivity contribution in [2.75, 3.05) is 13.7 Å². The Bertz CT molecular complexity index is 5130. The third kappa shape index (κ3) is 37.6. The highest BCUT2D eigenvalue weighted by molar-refractivity contribution is 6.34. The molecule has 4 aliphatic carbocycles. The lowest BCUT2D eigenvalue weighted by Gasteiger charge is -2.26. The fraction of sp³-hybridized carbons (Fsp3) is 0.585. The van der Waals surface area contributed by atoms with Gasteiger partial charge in [0.25, 0.3) is 41.4 Å². The van der Waals surface area contributed by atoms with Gasteiger partial charge in [-0.2, -0.15) is 0 Å². The summed E-state index contributed by atoms with van der Waals surface area (Å²) in [7, 11) is 1.69. The lowest BCUT2D eigenvalue weighted by molar-refractivity contribution is 0.0191. The fourth-order valence-corrected chi connectivity index (χ4v) is 15.3. The van der Waals surface area contributed by atoms with Crippen LogP contribution in [0.4, 0.5) is 0 Å². The maximum absolute atomic E-state index is 12.5. The van der Waals surface area contributed by atoms with E-state index < -0.39 is 5.60 Å². The molecule has 7 N–H and O–H groups in total. The van der Waals surface area contributed by atoms with Crippen LogP contribution in [-0.4, -0.2) is 89.2 Å². The largest absolute Gasteiger partial charge is 0.374 e. The minimum Gasteiger partial charge on any atom is -0.374 e. The van der Waals surface area contributed by atoms with Gasteiger partial charge in [0.1, 0.15) is 0 Å². The minimum absolute atomic E-state index is 0.0228. The lowest BCUT2D eigenvalue weighted by atomic mass is 9.83. The highest BCUT2D eigenvalue weighted by Gasteiger charge is 2.43. The lowest BCUT2D eigenvalue weighted by Crippen LogP contribution is -2.40. The number of methoxy groups -OCH3 is 1. The van der Waals surface area contributed by atoms with Crippen LogP contribution in [0.25, 0.3) is 0 Å². The van der Waals surface area contributed by atoms with Crippen LogP contribution in [0, 0.1) is 0 Å². The van der Waals surface area contributed by atoms with Crippen LogP contribution in [0.5, 0.6) is 0 Å². The Morgan fingerprint density at radius 1 is 0.311 bits per heavy atom. The molecule has 0 saturated heterocycles. The van der Waals surface area contributed by atoms with Gasteiger partial charge in [0, 0.05) is 86.3 Å². The quantitative estimate of drug-likeness (QED) is 0.0327. The van der Waals surface area contributed by atoms with Crippen molar-refractivity contribution in [2.24, 2.45) is 0 Å². The van der Waals surface area contributed by atoms with Crippen LogP contribution in [0.15, 0.2) is 121 Å². The zero-order chi connectivity index (χ0) is 103. The molecule has 0 aliphatic heterocycles. The van der Waals surface area contributed by atoms with Gasteiger partial charge in [-0.25, -0.2) is 0 Å². The summed E-state index contributed by atoms with van der Waals surface area (Å²) >= 11 is 12.5. The van der Waals surface area contributed by atoms with Crippen molar-refractivity contribution in [3.05, 3.63) is 243 Å². The van der Waals surface area contributed by atoms with Gasteiger partial charge in [-0.1, -0.05) is 205 Å². The predicted molar refractivity (Wildman–Crippen MR) is 571 cm³/mol. The average Bonchev–Trinajstić information content (AvgIpc) is 1.68. The first kappa shape index (κ1) is 117. The van der Waals surface area contributed by atoms with Gasteiger partial charge in [-0.3, -0.25) is 33.6 Å². The molecule has 0 aromatic heterocycles. The number of nitrogens with one attached hydrogen (secondary N) is 7. The number of hydrogen-bond donors (Lipinski definition) is 7. The fourth-order valence-electron chi connectivity index (χ4n) is 14.7. The number of benzene rings is 7. The average molecular weight is 1890 g/mol. The van der Waals surface area contributed by atoms with E-state index in [4.69, 9.17) is 27.9 Å². The molecule has 4 aliphatic rings. The summed E-state index contributed by atoms with van der Waals surface area (Å²) in [6.45, 7) is 84.0. The molecule has 11 rings (SSSR count). The third-order valence-corrected chi connectivity index (χ3v) is 25.9. The van der Waals surface area contributed by atoms with Crippen LogP contribution >= 0.6 is 23.2 Å². The van der Waals surface area contributed by atoms with Crippen molar-refractivity contribution < 1.29 is 38.3 Å². The zero-order valence-corrected chi connectivity index (χ0v) is 92.6. The smallest absolute Gasteiger partial charge is 0.253 e. The van der Waals surface area contributed by atoms with Gasteiger partial charge < -0.3 is 42.0 Å². The van der Waals surface area contributed by atoms with Crippen molar-refractivity contribution >= 4 is 64.6 Å². The van der Waals surface area contributed by atoms with Crippen LogP contribution in [0.2, 0.25) is 10.0 Å². The summed E-state index contributed by atoms with van der Waals surface area (Å²) in [6.07, 6.45) is 9.88. The predicted octanol–water partition coefficient (Wildman–Crippen LogP) is 29.5. The molecule has 0 atom stereocenters. The summed E-state index contributed by atoms with van der Waals surface area (Å²) in [5.74, 6) is 2.73. The maximum atomic E-state index is 12.5. The van der Waals surface area contributed by atoms with Crippen molar-refractivity contribution in [1.29, 1.82) is 0 Å². The molecular formula is C118H177Cl2N7O8. The number of carbonyl (C=O) groups is 7. The molecule has 0 unspecified atom stereocenters. The van der Waals surface area contributed by atoms with Crippen molar-refractivity contribution in [3.8, 4) is 0 Å². The number of hydrogen-bond acceptors (Lipinski definition) is 8. The molecular weight excluding hydrogens is 1710 g/mol. The van der Waals surface area contributed by atoms with Crippen molar-refractivity contribution in [1.82, 2.24) is 37.2 Å². The van der Waals surface area contributed by atoms with E-state index in [2.05, 4.69) is 243 Å². The van der Waals surface area contributed by atoms with Crippen molar-refractivity contribution in [2.45, 2.75) is 437 Å². The monoisotopic (exact) mass is 1890 g/mol. The summed E-state index contributed by atoms with van der Waals surface area (Å²) in [6, 6.07) is 41.5. The normalized spacial score (nSPS) is 14.9. The van der Waals surface area contributed by atoms with Gasteiger partial charge >= 0.3 is 0 Å².